The average molecular weight is 179 g/mol. The molecule has 0 saturated heterocycles. The molecule has 11 heavy (non-hydrogen) atoms. The first-order valence-electron chi connectivity index (χ1n) is 4.15. The Morgan fingerprint density at radius 3 is 1.91 bits per heavy atom. The normalized spacial score (nSPS) is 39.0. The Hall–Kier alpha value is 0.210. The average Bonchev–Trinajstić information content (AvgIpc) is 2.05. The first-order chi connectivity index (χ1) is 5.29. The number of hydrogen-bond acceptors (Lipinski definition) is 2. The summed E-state index contributed by atoms with van der Waals surface area (Å²) in [6.45, 7) is 0.315. The molecule has 2 N–H and O–H groups in total. The molecule has 1 aliphatic carbocycles. The lowest BCUT2D eigenvalue weighted by Crippen LogP contribution is -2.33. The van der Waals surface area contributed by atoms with Gasteiger partial charge in [-0.2, -0.15) is 0 Å². The van der Waals surface area contributed by atoms with E-state index in [0.29, 0.717) is 0 Å². The summed E-state index contributed by atoms with van der Waals surface area (Å²) in [5, 5.41) is 17.8. The third kappa shape index (κ3) is 2.08. The molecule has 0 heterocycles. The van der Waals surface area contributed by atoms with E-state index in [0.717, 1.165) is 19.3 Å². The molecule has 0 aromatic rings. The molecule has 1 fully saturated rings. The fourth-order valence-electron chi connectivity index (χ4n) is 1.73. The number of rotatable bonds is 2. The van der Waals surface area contributed by atoms with Crippen LogP contribution in [0.3, 0.4) is 0 Å². The molecule has 0 radical (unpaired) electrons. The monoisotopic (exact) mass is 178 g/mol. The zero-order valence-corrected chi connectivity index (χ0v) is 7.30. The van der Waals surface area contributed by atoms with Gasteiger partial charge in [-0.3, -0.25) is 0 Å². The summed E-state index contributed by atoms with van der Waals surface area (Å²) in [6.07, 6.45) is 3.09. The number of hydrogen-bond donors (Lipinski definition) is 2. The van der Waals surface area contributed by atoms with Crippen LogP contribution in [0.2, 0.25) is 0 Å². The lowest BCUT2D eigenvalue weighted by molar-refractivity contribution is 0.126. The summed E-state index contributed by atoms with van der Waals surface area (Å²) >= 11 is 6.03. The molecule has 66 valence electrons. The van der Waals surface area contributed by atoms with Crippen LogP contribution >= 0.6 is 11.6 Å². The van der Waals surface area contributed by atoms with Gasteiger partial charge in [0.2, 0.25) is 0 Å². The van der Waals surface area contributed by atoms with Crippen LogP contribution in [0.5, 0.6) is 0 Å². The van der Waals surface area contributed by atoms with Crippen molar-refractivity contribution in [1.82, 2.24) is 0 Å². The second-order valence-electron chi connectivity index (χ2n) is 3.26. The molecule has 0 aromatic heterocycles. The quantitative estimate of drug-likeness (QED) is 0.620. The summed E-state index contributed by atoms with van der Waals surface area (Å²) in [6, 6.07) is 0. The third-order valence-electron chi connectivity index (χ3n) is 2.52. The fourth-order valence-corrected chi connectivity index (χ4v) is 2.14. The second kappa shape index (κ2) is 4.29. The molecule has 0 spiro atoms. The molecule has 3 heteroatoms. The number of alkyl halides is 1. The van der Waals surface area contributed by atoms with Crippen molar-refractivity contribution >= 4 is 11.6 Å². The standard InChI is InChI=1S/C8H15ClO2/c9-8-6(4-10)2-1-3-7(8)5-11/h6-8,10-11H,1-5H2. The molecule has 0 aliphatic heterocycles. The maximum Gasteiger partial charge on any atom is 0.0473 e. The first-order valence-corrected chi connectivity index (χ1v) is 4.59. The molecule has 1 aliphatic rings. The summed E-state index contributed by atoms with van der Waals surface area (Å²) in [4.78, 5) is 0. The minimum absolute atomic E-state index is 0.0289. The van der Waals surface area contributed by atoms with Gasteiger partial charge < -0.3 is 10.2 Å². The van der Waals surface area contributed by atoms with Crippen molar-refractivity contribution in [3.8, 4) is 0 Å². The summed E-state index contributed by atoms with van der Waals surface area (Å²) < 4.78 is 0. The maximum absolute atomic E-state index is 8.91. The Morgan fingerprint density at radius 1 is 1.09 bits per heavy atom. The van der Waals surface area contributed by atoms with E-state index in [-0.39, 0.29) is 30.4 Å². The highest BCUT2D eigenvalue weighted by Crippen LogP contribution is 2.32. The van der Waals surface area contributed by atoms with Crippen LogP contribution in [0.15, 0.2) is 0 Å². The van der Waals surface area contributed by atoms with E-state index in [2.05, 4.69) is 0 Å². The predicted molar refractivity (Wildman–Crippen MR) is 44.6 cm³/mol. The van der Waals surface area contributed by atoms with Crippen molar-refractivity contribution in [2.75, 3.05) is 13.2 Å². The first kappa shape index (κ1) is 9.30. The van der Waals surface area contributed by atoms with E-state index in [4.69, 9.17) is 21.8 Å². The molecule has 0 amide bonds. The van der Waals surface area contributed by atoms with Gasteiger partial charge in [0.25, 0.3) is 0 Å². The van der Waals surface area contributed by atoms with E-state index >= 15 is 0 Å². The molecule has 2 nitrogen and oxygen atoms in total. The smallest absolute Gasteiger partial charge is 0.0473 e. The van der Waals surface area contributed by atoms with Gasteiger partial charge in [0.15, 0.2) is 0 Å². The van der Waals surface area contributed by atoms with Crippen LogP contribution in [0.25, 0.3) is 0 Å². The fraction of sp³-hybridized carbons (Fsp3) is 1.00. The molecule has 1 rings (SSSR count). The van der Waals surface area contributed by atoms with Crippen molar-refractivity contribution in [2.24, 2.45) is 11.8 Å². The Labute approximate surface area is 72.2 Å². The third-order valence-corrected chi connectivity index (χ3v) is 3.23. The van der Waals surface area contributed by atoms with Gasteiger partial charge in [-0.1, -0.05) is 6.42 Å². The lowest BCUT2D eigenvalue weighted by Gasteiger charge is -2.31. The topological polar surface area (TPSA) is 40.5 Å². The van der Waals surface area contributed by atoms with Crippen molar-refractivity contribution in [3.05, 3.63) is 0 Å². The van der Waals surface area contributed by atoms with Crippen LogP contribution in [0, 0.1) is 11.8 Å². The molecule has 0 bridgehead atoms. The van der Waals surface area contributed by atoms with Crippen LogP contribution in [-0.2, 0) is 0 Å². The van der Waals surface area contributed by atoms with Crippen molar-refractivity contribution in [3.63, 3.8) is 0 Å². The molecule has 0 aromatic carbocycles. The highest BCUT2D eigenvalue weighted by Gasteiger charge is 2.30. The van der Waals surface area contributed by atoms with Crippen molar-refractivity contribution < 1.29 is 10.2 Å². The largest absolute Gasteiger partial charge is 0.396 e. The van der Waals surface area contributed by atoms with Crippen molar-refractivity contribution in [2.45, 2.75) is 24.6 Å². The molecule has 1 saturated carbocycles. The molecule has 2 unspecified atom stereocenters. The Morgan fingerprint density at radius 2 is 1.55 bits per heavy atom. The van der Waals surface area contributed by atoms with E-state index in [1.165, 1.54) is 0 Å². The zero-order valence-electron chi connectivity index (χ0n) is 6.54. The summed E-state index contributed by atoms with van der Waals surface area (Å²) in [7, 11) is 0. The van der Waals surface area contributed by atoms with Gasteiger partial charge >= 0.3 is 0 Å². The van der Waals surface area contributed by atoms with E-state index in [1.807, 2.05) is 0 Å². The number of aliphatic hydroxyl groups excluding tert-OH is 2. The Balaban J connectivity index is 2.45. The number of aliphatic hydroxyl groups is 2. The van der Waals surface area contributed by atoms with E-state index < -0.39 is 0 Å². The minimum atomic E-state index is -0.0289. The lowest BCUT2D eigenvalue weighted by atomic mass is 9.82. The Kier molecular flexibility index (Phi) is 3.63. The van der Waals surface area contributed by atoms with Crippen LogP contribution in [-0.4, -0.2) is 28.8 Å². The van der Waals surface area contributed by atoms with Gasteiger partial charge in [-0.05, 0) is 24.7 Å². The molecule has 2 atom stereocenters. The van der Waals surface area contributed by atoms with Gasteiger partial charge in [-0.25, -0.2) is 0 Å². The molecular formula is C8H15ClO2. The van der Waals surface area contributed by atoms with Gasteiger partial charge in [0, 0.05) is 18.6 Å². The predicted octanol–water partition coefficient (Wildman–Crippen LogP) is 0.995. The summed E-state index contributed by atoms with van der Waals surface area (Å²) in [5.41, 5.74) is 0. The van der Waals surface area contributed by atoms with E-state index in [9.17, 15) is 0 Å². The van der Waals surface area contributed by atoms with Crippen LogP contribution in [0.1, 0.15) is 19.3 Å². The second-order valence-corrected chi connectivity index (χ2v) is 3.76. The maximum atomic E-state index is 8.91. The van der Waals surface area contributed by atoms with Crippen LogP contribution in [0.4, 0.5) is 0 Å². The minimum Gasteiger partial charge on any atom is -0.396 e. The van der Waals surface area contributed by atoms with Gasteiger partial charge in [0.1, 0.15) is 0 Å². The van der Waals surface area contributed by atoms with Gasteiger partial charge in [-0.15, -0.1) is 11.6 Å². The highest BCUT2D eigenvalue weighted by molar-refractivity contribution is 6.21. The van der Waals surface area contributed by atoms with E-state index in [1.54, 1.807) is 0 Å². The number of halogens is 1. The van der Waals surface area contributed by atoms with Crippen LogP contribution < -0.4 is 0 Å². The molecular weight excluding hydrogens is 164 g/mol. The SMILES string of the molecule is OCC1CCCC(CO)C1Cl. The van der Waals surface area contributed by atoms with Crippen molar-refractivity contribution in [1.29, 1.82) is 0 Å². The zero-order chi connectivity index (χ0) is 8.27. The van der Waals surface area contributed by atoms with Gasteiger partial charge in [0.05, 0.1) is 0 Å². The Bertz CT molecular complexity index is 107. The highest BCUT2D eigenvalue weighted by atomic mass is 35.5. The summed E-state index contributed by atoms with van der Waals surface area (Å²) in [5.74, 6) is 0.394.